The Morgan fingerprint density at radius 1 is 1.12 bits per heavy atom. The van der Waals surface area contributed by atoms with E-state index in [4.69, 9.17) is 9.47 Å². The normalized spacial score (nSPS) is 11.3. The van der Waals surface area contributed by atoms with Crippen LogP contribution in [0.3, 0.4) is 0 Å². The highest BCUT2D eigenvalue weighted by Crippen LogP contribution is 2.35. The minimum Gasteiger partial charge on any atom is -0.490 e. The highest BCUT2D eigenvalue weighted by Gasteiger charge is 2.15. The van der Waals surface area contributed by atoms with Crippen LogP contribution in [-0.4, -0.2) is 18.6 Å². The van der Waals surface area contributed by atoms with Crippen LogP contribution in [-0.2, 0) is 11.4 Å². The van der Waals surface area contributed by atoms with Gasteiger partial charge in [0.15, 0.2) is 11.5 Å². The Bertz CT molecular complexity index is 1200. The lowest BCUT2D eigenvalue weighted by Crippen LogP contribution is -2.30. The zero-order valence-electron chi connectivity index (χ0n) is 18.3. The van der Waals surface area contributed by atoms with Crippen molar-refractivity contribution in [2.75, 3.05) is 6.61 Å². The van der Waals surface area contributed by atoms with Crippen LogP contribution in [0, 0.1) is 14.9 Å². The van der Waals surface area contributed by atoms with Crippen molar-refractivity contribution in [2.24, 2.45) is 0 Å². The standard InChI is InChI=1S/C26H25IN2O3/c1-4-31-24-14-19(12-22(15-28)26(30)29-17(2)3)13-23(27)25(24)32-16-18-9-10-20-7-5-6-8-21(20)11-18/h5-14,17H,4,16H2,1-3H3,(H,29,30)/b22-12-. The van der Waals surface area contributed by atoms with Crippen LogP contribution in [0.4, 0.5) is 0 Å². The summed E-state index contributed by atoms with van der Waals surface area (Å²) in [6.45, 7) is 6.47. The predicted octanol–water partition coefficient (Wildman–Crippen LogP) is 5.85. The van der Waals surface area contributed by atoms with E-state index < -0.39 is 5.91 Å². The number of nitrogens with one attached hydrogen (secondary N) is 1. The zero-order chi connectivity index (χ0) is 23.1. The number of halogens is 1. The molecule has 0 unspecified atom stereocenters. The third-order valence-corrected chi connectivity index (χ3v) is 5.43. The van der Waals surface area contributed by atoms with E-state index in [-0.39, 0.29) is 11.6 Å². The van der Waals surface area contributed by atoms with Crippen molar-refractivity contribution in [1.29, 1.82) is 5.26 Å². The first kappa shape index (κ1) is 23.6. The van der Waals surface area contributed by atoms with E-state index in [0.29, 0.717) is 30.3 Å². The third-order valence-electron chi connectivity index (χ3n) is 4.62. The first-order valence-electron chi connectivity index (χ1n) is 10.4. The van der Waals surface area contributed by atoms with E-state index in [0.717, 1.165) is 14.5 Å². The number of benzene rings is 3. The number of fused-ring (bicyclic) bond motifs is 1. The highest BCUT2D eigenvalue weighted by atomic mass is 127. The molecular weight excluding hydrogens is 515 g/mol. The fraction of sp³-hybridized carbons (Fsp3) is 0.231. The summed E-state index contributed by atoms with van der Waals surface area (Å²) in [6, 6.07) is 20.1. The van der Waals surface area contributed by atoms with E-state index >= 15 is 0 Å². The van der Waals surface area contributed by atoms with Crippen molar-refractivity contribution in [1.82, 2.24) is 5.32 Å². The van der Waals surface area contributed by atoms with Gasteiger partial charge in [-0.3, -0.25) is 4.79 Å². The third kappa shape index (κ3) is 6.01. The number of nitrogens with zero attached hydrogens (tertiary/aromatic N) is 1. The summed E-state index contributed by atoms with van der Waals surface area (Å²) in [7, 11) is 0. The molecule has 0 bridgehead atoms. The fourth-order valence-electron chi connectivity index (χ4n) is 3.21. The maximum atomic E-state index is 12.2. The molecule has 0 saturated heterocycles. The van der Waals surface area contributed by atoms with Crippen LogP contribution in [0.1, 0.15) is 31.9 Å². The Hall–Kier alpha value is -3.05. The van der Waals surface area contributed by atoms with E-state index in [1.807, 2.05) is 45.0 Å². The minimum absolute atomic E-state index is 0.0433. The van der Waals surface area contributed by atoms with Crippen LogP contribution in [0.25, 0.3) is 16.8 Å². The first-order valence-corrected chi connectivity index (χ1v) is 11.5. The Labute approximate surface area is 202 Å². The number of hydrogen-bond acceptors (Lipinski definition) is 4. The zero-order valence-corrected chi connectivity index (χ0v) is 20.5. The summed E-state index contributed by atoms with van der Waals surface area (Å²) < 4.78 is 12.8. The second-order valence-corrected chi connectivity index (χ2v) is 8.69. The van der Waals surface area contributed by atoms with Crippen molar-refractivity contribution >= 4 is 45.3 Å². The number of amides is 1. The van der Waals surface area contributed by atoms with Crippen molar-refractivity contribution in [3.8, 4) is 17.6 Å². The molecule has 0 saturated carbocycles. The van der Waals surface area contributed by atoms with Gasteiger partial charge in [-0.1, -0.05) is 36.4 Å². The summed E-state index contributed by atoms with van der Waals surface area (Å²) in [6.07, 6.45) is 1.56. The SMILES string of the molecule is CCOc1cc(/C=C(/C#N)C(=O)NC(C)C)cc(I)c1OCc1ccc2ccccc2c1. The van der Waals surface area contributed by atoms with Crippen LogP contribution < -0.4 is 14.8 Å². The smallest absolute Gasteiger partial charge is 0.262 e. The number of rotatable bonds is 8. The molecule has 32 heavy (non-hydrogen) atoms. The van der Waals surface area contributed by atoms with Gasteiger partial charge in [-0.2, -0.15) is 5.26 Å². The maximum Gasteiger partial charge on any atom is 0.262 e. The maximum absolute atomic E-state index is 12.2. The number of carbonyl (C=O) groups excluding carboxylic acids is 1. The van der Waals surface area contributed by atoms with E-state index in [1.165, 1.54) is 5.39 Å². The molecule has 3 aromatic rings. The fourth-order valence-corrected chi connectivity index (χ4v) is 3.99. The van der Waals surface area contributed by atoms with E-state index in [2.05, 4.69) is 58.2 Å². The van der Waals surface area contributed by atoms with Crippen LogP contribution >= 0.6 is 22.6 Å². The molecule has 3 aromatic carbocycles. The largest absolute Gasteiger partial charge is 0.490 e. The highest BCUT2D eigenvalue weighted by molar-refractivity contribution is 14.1. The van der Waals surface area contributed by atoms with Gasteiger partial charge < -0.3 is 14.8 Å². The average Bonchev–Trinajstić information content (AvgIpc) is 2.76. The lowest BCUT2D eigenvalue weighted by molar-refractivity contribution is -0.117. The Morgan fingerprint density at radius 3 is 2.56 bits per heavy atom. The second-order valence-electron chi connectivity index (χ2n) is 7.53. The van der Waals surface area contributed by atoms with Crippen molar-refractivity contribution < 1.29 is 14.3 Å². The molecule has 0 aliphatic rings. The minimum atomic E-state index is -0.396. The molecule has 0 spiro atoms. The van der Waals surface area contributed by atoms with Crippen molar-refractivity contribution in [2.45, 2.75) is 33.4 Å². The molecule has 0 radical (unpaired) electrons. The summed E-state index contributed by atoms with van der Waals surface area (Å²) in [5.74, 6) is 0.822. The summed E-state index contributed by atoms with van der Waals surface area (Å²) in [5.41, 5.74) is 1.80. The van der Waals surface area contributed by atoms with Crippen molar-refractivity contribution in [3.05, 3.63) is 74.9 Å². The molecule has 0 atom stereocenters. The molecule has 0 heterocycles. The molecule has 164 valence electrons. The number of hydrogen-bond donors (Lipinski definition) is 1. The molecule has 0 aliphatic carbocycles. The van der Waals surface area contributed by atoms with Gasteiger partial charge in [-0.25, -0.2) is 0 Å². The monoisotopic (exact) mass is 540 g/mol. The molecule has 3 rings (SSSR count). The average molecular weight is 540 g/mol. The van der Waals surface area contributed by atoms with Crippen LogP contribution in [0.5, 0.6) is 11.5 Å². The number of nitriles is 1. The predicted molar refractivity (Wildman–Crippen MR) is 135 cm³/mol. The second kappa shape index (κ2) is 11.0. The molecule has 5 nitrogen and oxygen atoms in total. The van der Waals surface area contributed by atoms with Gasteiger partial charge in [0.1, 0.15) is 18.2 Å². The van der Waals surface area contributed by atoms with Gasteiger partial charge in [-0.05, 0) is 89.5 Å². The molecule has 0 aromatic heterocycles. The van der Waals surface area contributed by atoms with Gasteiger partial charge in [-0.15, -0.1) is 0 Å². The first-order chi connectivity index (χ1) is 15.4. The van der Waals surface area contributed by atoms with Gasteiger partial charge in [0.2, 0.25) is 0 Å². The molecule has 6 heteroatoms. The summed E-state index contributed by atoms with van der Waals surface area (Å²) >= 11 is 2.19. The molecule has 0 aliphatic heterocycles. The van der Waals surface area contributed by atoms with Crippen LogP contribution in [0.2, 0.25) is 0 Å². The molecule has 1 N–H and O–H groups in total. The molecule has 0 fully saturated rings. The lowest BCUT2D eigenvalue weighted by atomic mass is 10.1. The van der Waals surface area contributed by atoms with Gasteiger partial charge >= 0.3 is 0 Å². The lowest BCUT2D eigenvalue weighted by Gasteiger charge is -2.15. The molecular formula is C26H25IN2O3. The van der Waals surface area contributed by atoms with Crippen molar-refractivity contribution in [3.63, 3.8) is 0 Å². The quantitative estimate of drug-likeness (QED) is 0.221. The van der Waals surface area contributed by atoms with Gasteiger partial charge in [0.25, 0.3) is 5.91 Å². The van der Waals surface area contributed by atoms with E-state index in [1.54, 1.807) is 12.1 Å². The van der Waals surface area contributed by atoms with Gasteiger partial charge in [0.05, 0.1) is 10.2 Å². The number of carbonyl (C=O) groups is 1. The Kier molecular flexibility index (Phi) is 8.12. The summed E-state index contributed by atoms with van der Waals surface area (Å²) in [5, 5.41) is 14.5. The molecule has 1 amide bonds. The van der Waals surface area contributed by atoms with Gasteiger partial charge in [0, 0.05) is 6.04 Å². The topological polar surface area (TPSA) is 71.3 Å². The number of ether oxygens (including phenoxy) is 2. The van der Waals surface area contributed by atoms with Crippen LogP contribution in [0.15, 0.2) is 60.2 Å². The Balaban J connectivity index is 1.87. The Morgan fingerprint density at radius 2 is 1.88 bits per heavy atom. The summed E-state index contributed by atoms with van der Waals surface area (Å²) in [4.78, 5) is 12.2. The van der Waals surface area contributed by atoms with E-state index in [9.17, 15) is 10.1 Å².